The monoisotopic (exact) mass is 1110 g/mol. The highest BCUT2D eigenvalue weighted by atomic mass is 31.2. The van der Waals surface area contributed by atoms with Crippen LogP contribution in [0.1, 0.15) is 272 Å². The third kappa shape index (κ3) is 51.3. The molecule has 0 saturated carbocycles. The summed E-state index contributed by atoms with van der Waals surface area (Å²) >= 11 is 0. The van der Waals surface area contributed by atoms with Gasteiger partial charge in [0.25, 0.3) is 0 Å². The van der Waals surface area contributed by atoms with E-state index in [1.807, 2.05) is 0 Å². The van der Waals surface area contributed by atoms with E-state index in [1.54, 1.807) is 0 Å². The van der Waals surface area contributed by atoms with Crippen molar-refractivity contribution in [2.24, 2.45) is 5.92 Å². The van der Waals surface area contributed by atoms with E-state index >= 15 is 0 Å². The first kappa shape index (κ1) is 73.1. The molecule has 5 atom stereocenters. The minimum Gasteiger partial charge on any atom is -0.462 e. The lowest BCUT2D eigenvalue weighted by Crippen LogP contribution is -2.30. The number of esters is 4. The quantitative estimate of drug-likeness (QED) is 0.0222. The molecule has 0 saturated heterocycles. The molecule has 0 bridgehead atoms. The zero-order chi connectivity index (χ0) is 55.7. The third-order valence-electron chi connectivity index (χ3n) is 12.8. The first-order valence-corrected chi connectivity index (χ1v) is 32.6. The summed E-state index contributed by atoms with van der Waals surface area (Å²) < 4.78 is 67.3. The number of hydrogen-bond acceptors (Lipinski definition) is 15. The van der Waals surface area contributed by atoms with Gasteiger partial charge < -0.3 is 33.8 Å². The Morgan fingerprint density at radius 1 is 0.360 bits per heavy atom. The molecule has 0 aliphatic rings. The number of phosphoric ester groups is 2. The molecule has 0 fully saturated rings. The van der Waals surface area contributed by atoms with E-state index in [-0.39, 0.29) is 25.7 Å². The van der Waals surface area contributed by atoms with Crippen molar-refractivity contribution >= 4 is 39.5 Å². The molecule has 0 aromatic heterocycles. The zero-order valence-electron chi connectivity index (χ0n) is 47.7. The smallest absolute Gasteiger partial charge is 0.462 e. The maximum absolute atomic E-state index is 12.9. The average Bonchev–Trinajstić information content (AvgIpc) is 3.37. The lowest BCUT2D eigenvalue weighted by Gasteiger charge is -2.21. The second-order valence-electron chi connectivity index (χ2n) is 20.8. The number of unbranched alkanes of at least 4 members (excludes halogenated alkanes) is 28. The van der Waals surface area contributed by atoms with Gasteiger partial charge >= 0.3 is 39.5 Å². The Bertz CT molecular complexity index is 1480. The Balaban J connectivity index is 5.15. The van der Waals surface area contributed by atoms with Crippen molar-refractivity contribution in [3.63, 3.8) is 0 Å². The summed E-state index contributed by atoms with van der Waals surface area (Å²) in [5.74, 6) is -1.48. The molecular weight excluding hydrogens is 1010 g/mol. The number of rotatable bonds is 56. The Hall–Kier alpha value is -1.94. The molecule has 0 aliphatic heterocycles. The highest BCUT2D eigenvalue weighted by Gasteiger charge is 2.30. The Morgan fingerprint density at radius 2 is 0.613 bits per heavy atom. The molecule has 0 aliphatic carbocycles. The van der Waals surface area contributed by atoms with E-state index in [4.69, 9.17) is 37.0 Å². The largest absolute Gasteiger partial charge is 0.472 e. The van der Waals surface area contributed by atoms with Gasteiger partial charge in [0.05, 0.1) is 26.4 Å². The van der Waals surface area contributed by atoms with Crippen LogP contribution in [0.4, 0.5) is 0 Å². The minimum atomic E-state index is -4.93. The minimum absolute atomic E-state index is 0.103. The predicted molar refractivity (Wildman–Crippen MR) is 294 cm³/mol. The fraction of sp³-hybridized carbons (Fsp3) is 0.929. The van der Waals surface area contributed by atoms with Gasteiger partial charge in [-0.25, -0.2) is 9.13 Å². The van der Waals surface area contributed by atoms with E-state index in [9.17, 15) is 43.2 Å². The van der Waals surface area contributed by atoms with Crippen LogP contribution in [0.15, 0.2) is 0 Å². The van der Waals surface area contributed by atoms with Crippen molar-refractivity contribution in [2.45, 2.75) is 291 Å². The summed E-state index contributed by atoms with van der Waals surface area (Å²) in [5.41, 5.74) is 0. The standard InChI is InChI=1S/C56H108O17P2/c1-6-9-12-15-17-18-19-20-21-22-23-25-32-37-42-56(61)73-52(46-67-54(59)40-35-30-27-26-29-33-38-49(4)5)48-71-75(64,65)69-44-50(57)43-68-74(62,63)70-47-51(45-66-53(58)39-34-28-14-11-8-3)72-55(60)41-36-31-24-16-13-10-7-2/h49-52,57H,6-48H2,1-5H3,(H,62,63)(H,64,65)/t50-,51+,52+/m0/s1. The summed E-state index contributed by atoms with van der Waals surface area (Å²) in [4.78, 5) is 71.4. The van der Waals surface area contributed by atoms with E-state index in [1.165, 1.54) is 70.6 Å². The maximum atomic E-state index is 12.9. The van der Waals surface area contributed by atoms with Crippen LogP contribution in [0.3, 0.4) is 0 Å². The van der Waals surface area contributed by atoms with Crippen LogP contribution >= 0.6 is 15.6 Å². The molecule has 17 nitrogen and oxygen atoms in total. The van der Waals surface area contributed by atoms with Gasteiger partial charge in [-0.2, -0.15) is 0 Å². The normalized spacial score (nSPS) is 14.5. The fourth-order valence-electron chi connectivity index (χ4n) is 8.17. The van der Waals surface area contributed by atoms with Gasteiger partial charge in [-0.05, 0) is 31.6 Å². The van der Waals surface area contributed by atoms with Gasteiger partial charge in [0, 0.05) is 25.7 Å². The number of ether oxygens (including phenoxy) is 4. The van der Waals surface area contributed by atoms with Crippen LogP contribution in [-0.4, -0.2) is 96.7 Å². The molecule has 444 valence electrons. The first-order chi connectivity index (χ1) is 36.0. The van der Waals surface area contributed by atoms with Crippen molar-refractivity contribution in [3.8, 4) is 0 Å². The van der Waals surface area contributed by atoms with E-state index < -0.39 is 97.5 Å². The number of carbonyl (C=O) groups is 4. The molecule has 0 heterocycles. The maximum Gasteiger partial charge on any atom is 0.472 e. The van der Waals surface area contributed by atoms with Crippen LogP contribution in [-0.2, 0) is 65.4 Å². The molecule has 0 aromatic rings. The van der Waals surface area contributed by atoms with Gasteiger partial charge in [0.1, 0.15) is 19.3 Å². The molecule has 0 rings (SSSR count). The topological polar surface area (TPSA) is 237 Å². The summed E-state index contributed by atoms with van der Waals surface area (Å²) in [7, 11) is -9.85. The highest BCUT2D eigenvalue weighted by Crippen LogP contribution is 2.45. The van der Waals surface area contributed by atoms with Crippen LogP contribution in [0.2, 0.25) is 0 Å². The molecule has 3 N–H and O–H groups in total. The number of phosphoric acid groups is 2. The molecule has 0 amide bonds. The lowest BCUT2D eigenvalue weighted by molar-refractivity contribution is -0.161. The first-order valence-electron chi connectivity index (χ1n) is 29.6. The van der Waals surface area contributed by atoms with Crippen molar-refractivity contribution < 1.29 is 80.2 Å². The molecule has 19 heteroatoms. The van der Waals surface area contributed by atoms with Crippen LogP contribution < -0.4 is 0 Å². The SMILES string of the molecule is CCCCCCCCCCCCCCCCC(=O)O[C@H](COC(=O)CCCCCCCCC(C)C)COP(=O)(O)OC[C@@H](O)COP(=O)(O)OC[C@@H](COC(=O)CCCCCCC)OC(=O)CCCCCCCCC. The second kappa shape index (κ2) is 50.3. The second-order valence-corrected chi connectivity index (χ2v) is 23.7. The summed E-state index contributed by atoms with van der Waals surface area (Å²) in [5, 5.41) is 10.4. The molecule has 0 spiro atoms. The molecule has 0 aromatic carbocycles. The van der Waals surface area contributed by atoms with E-state index in [2.05, 4.69) is 34.6 Å². The number of carbonyl (C=O) groups excluding carboxylic acids is 4. The van der Waals surface area contributed by atoms with Crippen LogP contribution in [0, 0.1) is 5.92 Å². The van der Waals surface area contributed by atoms with Crippen molar-refractivity contribution in [1.29, 1.82) is 0 Å². The molecular formula is C56H108O17P2. The molecule has 2 unspecified atom stereocenters. The summed E-state index contributed by atoms with van der Waals surface area (Å²) in [6.45, 7) is 6.92. The van der Waals surface area contributed by atoms with Crippen LogP contribution in [0.25, 0.3) is 0 Å². The third-order valence-corrected chi connectivity index (χ3v) is 14.7. The predicted octanol–water partition coefficient (Wildman–Crippen LogP) is 14.7. The van der Waals surface area contributed by atoms with Gasteiger partial charge in [0.2, 0.25) is 0 Å². The van der Waals surface area contributed by atoms with E-state index in [0.29, 0.717) is 31.6 Å². The van der Waals surface area contributed by atoms with Crippen molar-refractivity contribution in [3.05, 3.63) is 0 Å². The summed E-state index contributed by atoms with van der Waals surface area (Å²) in [6, 6.07) is 0. The Kier molecular flexibility index (Phi) is 49.0. The molecule has 0 radical (unpaired) electrons. The number of aliphatic hydroxyl groups excluding tert-OH is 1. The summed E-state index contributed by atoms with van der Waals surface area (Å²) in [6.07, 6.45) is 31.3. The highest BCUT2D eigenvalue weighted by molar-refractivity contribution is 7.47. The van der Waals surface area contributed by atoms with Crippen molar-refractivity contribution in [2.75, 3.05) is 39.6 Å². The number of aliphatic hydroxyl groups is 1. The van der Waals surface area contributed by atoms with Gasteiger partial charge in [-0.1, -0.05) is 221 Å². The van der Waals surface area contributed by atoms with Gasteiger partial charge in [-0.15, -0.1) is 0 Å². The Morgan fingerprint density at radius 3 is 0.907 bits per heavy atom. The van der Waals surface area contributed by atoms with Crippen LogP contribution in [0.5, 0.6) is 0 Å². The fourth-order valence-corrected chi connectivity index (χ4v) is 9.75. The zero-order valence-corrected chi connectivity index (χ0v) is 49.5. The van der Waals surface area contributed by atoms with Gasteiger partial charge in [0.15, 0.2) is 12.2 Å². The Labute approximate surface area is 454 Å². The van der Waals surface area contributed by atoms with Crippen molar-refractivity contribution in [1.82, 2.24) is 0 Å². The number of hydrogen-bond donors (Lipinski definition) is 3. The van der Waals surface area contributed by atoms with E-state index in [0.717, 1.165) is 116 Å². The lowest BCUT2D eigenvalue weighted by atomic mass is 10.0. The average molecular weight is 1120 g/mol. The molecule has 75 heavy (non-hydrogen) atoms. The van der Waals surface area contributed by atoms with Gasteiger partial charge in [-0.3, -0.25) is 37.3 Å².